The number of aromatic nitrogens is 1. The lowest BCUT2D eigenvalue weighted by atomic mass is 10.1. The normalized spacial score (nSPS) is 16.0. The highest BCUT2D eigenvalue weighted by Gasteiger charge is 2.27. The number of ether oxygens (including phenoxy) is 3. The molecule has 0 spiro atoms. The van der Waals surface area contributed by atoms with Gasteiger partial charge in [0.25, 0.3) is 5.91 Å². The van der Waals surface area contributed by atoms with Gasteiger partial charge < -0.3 is 23.5 Å². The van der Waals surface area contributed by atoms with Crippen molar-refractivity contribution < 1.29 is 23.4 Å². The van der Waals surface area contributed by atoms with E-state index in [1.165, 1.54) is 0 Å². The van der Waals surface area contributed by atoms with Crippen LogP contribution < -0.4 is 9.47 Å². The molecule has 126 valence electrons. The van der Waals surface area contributed by atoms with E-state index >= 15 is 0 Å². The highest BCUT2D eigenvalue weighted by atomic mass is 16.6. The number of hydrogen-bond donors (Lipinski definition) is 0. The van der Waals surface area contributed by atoms with E-state index in [0.717, 1.165) is 11.5 Å². The van der Waals surface area contributed by atoms with Crippen molar-refractivity contribution in [3.05, 3.63) is 41.1 Å². The monoisotopic (exact) mass is 330 g/mol. The summed E-state index contributed by atoms with van der Waals surface area (Å²) in [5.74, 6) is 2.64. The molecule has 2 aromatic rings. The smallest absolute Gasteiger partial charge is 0.254 e. The SMILES string of the molecule is COCc1nc2c(o1)CCN(C(=O)c1ccc3c(c1)OCCO3)C2. The van der Waals surface area contributed by atoms with Gasteiger partial charge in [0.15, 0.2) is 11.5 Å². The lowest BCUT2D eigenvalue weighted by molar-refractivity contribution is 0.0726. The minimum atomic E-state index is -0.0473. The molecule has 0 aliphatic carbocycles. The minimum Gasteiger partial charge on any atom is -0.486 e. The zero-order chi connectivity index (χ0) is 16.5. The van der Waals surface area contributed by atoms with Gasteiger partial charge in [-0.15, -0.1) is 0 Å². The highest BCUT2D eigenvalue weighted by molar-refractivity contribution is 5.95. The maximum Gasteiger partial charge on any atom is 0.254 e. The Hall–Kier alpha value is -2.54. The van der Waals surface area contributed by atoms with E-state index in [-0.39, 0.29) is 5.91 Å². The first-order chi connectivity index (χ1) is 11.7. The Morgan fingerprint density at radius 3 is 2.96 bits per heavy atom. The Labute approximate surface area is 139 Å². The van der Waals surface area contributed by atoms with Crippen molar-refractivity contribution in [3.63, 3.8) is 0 Å². The molecule has 0 atom stereocenters. The minimum absolute atomic E-state index is 0.0473. The van der Waals surface area contributed by atoms with E-state index in [1.54, 1.807) is 30.2 Å². The molecule has 3 heterocycles. The molecule has 0 bridgehead atoms. The fourth-order valence-corrected chi connectivity index (χ4v) is 2.97. The number of oxazole rings is 1. The van der Waals surface area contributed by atoms with Crippen LogP contribution in [0.3, 0.4) is 0 Å². The summed E-state index contributed by atoms with van der Waals surface area (Å²) in [5.41, 5.74) is 1.39. The zero-order valence-corrected chi connectivity index (χ0v) is 13.4. The van der Waals surface area contributed by atoms with Crippen LogP contribution in [-0.4, -0.2) is 42.7 Å². The summed E-state index contributed by atoms with van der Waals surface area (Å²) in [6, 6.07) is 5.29. The Kier molecular flexibility index (Phi) is 3.86. The van der Waals surface area contributed by atoms with Crippen molar-refractivity contribution in [2.45, 2.75) is 19.6 Å². The standard InChI is InChI=1S/C17H18N2O5/c1-21-10-16-18-12-9-19(5-4-13(12)24-16)17(20)11-2-3-14-15(8-11)23-7-6-22-14/h2-3,8H,4-7,9-10H2,1H3. The first-order valence-corrected chi connectivity index (χ1v) is 7.90. The zero-order valence-electron chi connectivity index (χ0n) is 13.4. The van der Waals surface area contributed by atoms with Crippen molar-refractivity contribution in [1.29, 1.82) is 0 Å². The first kappa shape index (κ1) is 15.0. The number of nitrogens with zero attached hydrogens (tertiary/aromatic N) is 2. The number of methoxy groups -OCH3 is 1. The van der Waals surface area contributed by atoms with Crippen LogP contribution in [0.2, 0.25) is 0 Å². The number of fused-ring (bicyclic) bond motifs is 2. The maximum absolute atomic E-state index is 12.8. The fourth-order valence-electron chi connectivity index (χ4n) is 2.97. The van der Waals surface area contributed by atoms with Crippen molar-refractivity contribution in [2.75, 3.05) is 26.9 Å². The van der Waals surface area contributed by atoms with Crippen LogP contribution in [0.5, 0.6) is 11.5 Å². The number of rotatable bonds is 3. The van der Waals surface area contributed by atoms with Crippen LogP contribution in [0, 0.1) is 0 Å². The topological polar surface area (TPSA) is 74.0 Å². The Balaban J connectivity index is 1.52. The van der Waals surface area contributed by atoms with Gasteiger partial charge in [0.05, 0.1) is 6.54 Å². The molecule has 1 aromatic carbocycles. The molecule has 1 amide bonds. The van der Waals surface area contributed by atoms with Gasteiger partial charge >= 0.3 is 0 Å². The second-order valence-electron chi connectivity index (χ2n) is 5.75. The van der Waals surface area contributed by atoms with Crippen molar-refractivity contribution in [3.8, 4) is 11.5 Å². The third-order valence-electron chi connectivity index (χ3n) is 4.12. The first-order valence-electron chi connectivity index (χ1n) is 7.90. The Morgan fingerprint density at radius 2 is 2.12 bits per heavy atom. The summed E-state index contributed by atoms with van der Waals surface area (Å²) in [4.78, 5) is 19.0. The van der Waals surface area contributed by atoms with Gasteiger partial charge in [-0.25, -0.2) is 4.98 Å². The average molecular weight is 330 g/mol. The number of carbonyl (C=O) groups is 1. The molecule has 0 unspecified atom stereocenters. The molecular formula is C17H18N2O5. The summed E-state index contributed by atoms with van der Waals surface area (Å²) in [7, 11) is 1.60. The van der Waals surface area contributed by atoms with Gasteiger partial charge in [-0.3, -0.25) is 4.79 Å². The van der Waals surface area contributed by atoms with Gasteiger partial charge in [0.2, 0.25) is 5.89 Å². The van der Waals surface area contributed by atoms with Gasteiger partial charge in [-0.05, 0) is 18.2 Å². The van der Waals surface area contributed by atoms with Gasteiger partial charge in [-0.2, -0.15) is 0 Å². The largest absolute Gasteiger partial charge is 0.486 e. The number of hydrogen-bond acceptors (Lipinski definition) is 6. The van der Waals surface area contributed by atoms with E-state index in [4.69, 9.17) is 18.6 Å². The predicted octanol–water partition coefficient (Wildman–Crippen LogP) is 1.79. The van der Waals surface area contributed by atoms with Crippen LogP contribution in [0.15, 0.2) is 22.6 Å². The van der Waals surface area contributed by atoms with E-state index < -0.39 is 0 Å². The second kappa shape index (κ2) is 6.16. The molecule has 7 heteroatoms. The molecular weight excluding hydrogens is 312 g/mol. The summed E-state index contributed by atoms with van der Waals surface area (Å²) >= 11 is 0. The van der Waals surface area contributed by atoms with Crippen LogP contribution in [0.25, 0.3) is 0 Å². The molecule has 24 heavy (non-hydrogen) atoms. The predicted molar refractivity (Wildman–Crippen MR) is 83.1 cm³/mol. The molecule has 0 saturated heterocycles. The van der Waals surface area contributed by atoms with Gasteiger partial charge in [0.1, 0.15) is 31.3 Å². The molecule has 1 aromatic heterocycles. The summed E-state index contributed by atoms with van der Waals surface area (Å²) in [6.45, 7) is 2.41. The summed E-state index contributed by atoms with van der Waals surface area (Å²) in [6.07, 6.45) is 0.655. The molecule has 0 fully saturated rings. The number of carbonyl (C=O) groups excluding carboxylic acids is 1. The van der Waals surface area contributed by atoms with Gasteiger partial charge in [0, 0.05) is 25.6 Å². The van der Waals surface area contributed by atoms with E-state index in [9.17, 15) is 4.79 Å². The lowest BCUT2D eigenvalue weighted by Gasteiger charge is -2.26. The number of benzene rings is 1. The van der Waals surface area contributed by atoms with Gasteiger partial charge in [-0.1, -0.05) is 0 Å². The van der Waals surface area contributed by atoms with Crippen LogP contribution in [-0.2, 0) is 24.3 Å². The molecule has 2 aliphatic heterocycles. The van der Waals surface area contributed by atoms with Crippen molar-refractivity contribution in [1.82, 2.24) is 9.88 Å². The van der Waals surface area contributed by atoms with Crippen LogP contribution in [0.4, 0.5) is 0 Å². The quantitative estimate of drug-likeness (QED) is 0.854. The van der Waals surface area contributed by atoms with Crippen molar-refractivity contribution in [2.24, 2.45) is 0 Å². The maximum atomic E-state index is 12.8. The third kappa shape index (κ3) is 2.71. The van der Waals surface area contributed by atoms with E-state index in [2.05, 4.69) is 4.98 Å². The highest BCUT2D eigenvalue weighted by Crippen LogP contribution is 2.31. The Morgan fingerprint density at radius 1 is 1.29 bits per heavy atom. The van der Waals surface area contributed by atoms with Crippen LogP contribution >= 0.6 is 0 Å². The van der Waals surface area contributed by atoms with E-state index in [1.807, 2.05) is 0 Å². The van der Waals surface area contributed by atoms with E-state index in [0.29, 0.717) is 62.3 Å². The van der Waals surface area contributed by atoms with Crippen LogP contribution in [0.1, 0.15) is 27.7 Å². The molecule has 4 rings (SSSR count). The molecule has 0 radical (unpaired) electrons. The second-order valence-corrected chi connectivity index (χ2v) is 5.75. The molecule has 0 saturated carbocycles. The third-order valence-corrected chi connectivity index (χ3v) is 4.12. The lowest BCUT2D eigenvalue weighted by Crippen LogP contribution is -2.35. The Bertz CT molecular complexity index is 770. The fraction of sp³-hybridized carbons (Fsp3) is 0.412. The summed E-state index contributed by atoms with van der Waals surface area (Å²) < 4.78 is 21.7. The molecule has 0 N–H and O–H groups in total. The average Bonchev–Trinajstić information content (AvgIpc) is 3.02. The number of amides is 1. The van der Waals surface area contributed by atoms with Crippen molar-refractivity contribution >= 4 is 5.91 Å². The summed E-state index contributed by atoms with van der Waals surface area (Å²) in [5, 5.41) is 0. The molecule has 7 nitrogen and oxygen atoms in total. The molecule has 2 aliphatic rings.